The van der Waals surface area contributed by atoms with Crippen molar-refractivity contribution in [2.24, 2.45) is 0 Å². The summed E-state index contributed by atoms with van der Waals surface area (Å²) in [6.07, 6.45) is 0. The Kier molecular flexibility index (Phi) is 7.95. The number of anilines is 2. The van der Waals surface area contributed by atoms with Crippen LogP contribution < -0.4 is 11.5 Å². The first-order valence-electron chi connectivity index (χ1n) is 9.41. The van der Waals surface area contributed by atoms with Crippen LogP contribution in [-0.2, 0) is 0 Å². The van der Waals surface area contributed by atoms with E-state index >= 15 is 0 Å². The fraction of sp³-hybridized carbons (Fsp3) is 0. The van der Waals surface area contributed by atoms with Crippen molar-refractivity contribution in [1.29, 1.82) is 0 Å². The topological polar surface area (TPSA) is 131 Å². The molecule has 6 N–H and O–H groups in total. The van der Waals surface area contributed by atoms with Gasteiger partial charge in [0.05, 0.1) is 0 Å². The lowest BCUT2D eigenvalue weighted by molar-refractivity contribution is 0.481. The molecule has 5 rings (SSSR count). The van der Waals surface area contributed by atoms with Gasteiger partial charge in [0, 0.05) is 32.9 Å². The van der Waals surface area contributed by atoms with E-state index < -0.39 is 0 Å². The Bertz CT molecular complexity index is 1250. The highest BCUT2D eigenvalue weighted by molar-refractivity contribution is 6.33. The van der Waals surface area contributed by atoms with E-state index in [1.807, 2.05) is 48.5 Å². The number of rotatable bonds is 0. The van der Waals surface area contributed by atoms with Crippen molar-refractivity contribution < 1.29 is 10.2 Å². The summed E-state index contributed by atoms with van der Waals surface area (Å²) in [7, 11) is 0. The Morgan fingerprint density at radius 1 is 0.485 bits per heavy atom. The second-order valence-corrected chi connectivity index (χ2v) is 7.60. The lowest BCUT2D eigenvalue weighted by Gasteiger charge is -2.02. The third-order valence-corrected chi connectivity index (χ3v) is 4.93. The zero-order valence-electron chi connectivity index (χ0n) is 17.0. The molecule has 1 aromatic heterocycles. The van der Waals surface area contributed by atoms with Gasteiger partial charge in [0.2, 0.25) is 15.9 Å². The number of hydrogen-bond acceptors (Lipinski definition) is 7. The second kappa shape index (κ2) is 10.9. The van der Waals surface area contributed by atoms with E-state index in [4.69, 9.17) is 46.3 Å². The quantitative estimate of drug-likeness (QED) is 0.149. The molecule has 0 radical (unpaired) electrons. The van der Waals surface area contributed by atoms with Crippen LogP contribution in [0.5, 0.6) is 11.5 Å². The molecular weight excluding hydrogens is 485 g/mol. The third kappa shape index (κ3) is 6.26. The van der Waals surface area contributed by atoms with E-state index in [0.717, 1.165) is 21.5 Å². The van der Waals surface area contributed by atoms with Crippen molar-refractivity contribution in [2.45, 2.75) is 0 Å². The van der Waals surface area contributed by atoms with Gasteiger partial charge in [-0.25, -0.2) is 0 Å². The summed E-state index contributed by atoms with van der Waals surface area (Å²) in [4.78, 5) is 10.4. The fourth-order valence-electron chi connectivity index (χ4n) is 2.93. The van der Waals surface area contributed by atoms with E-state index in [2.05, 4.69) is 15.0 Å². The predicted molar refractivity (Wildman–Crippen MR) is 135 cm³/mol. The number of nitrogens with zero attached hydrogens (tertiary/aromatic N) is 3. The average molecular weight is 503 g/mol. The Morgan fingerprint density at radius 3 is 1.42 bits per heavy atom. The highest BCUT2D eigenvalue weighted by Crippen LogP contribution is 2.29. The lowest BCUT2D eigenvalue weighted by atomic mass is 10.1. The normalized spacial score (nSPS) is 10.2. The van der Waals surface area contributed by atoms with Crippen molar-refractivity contribution in [1.82, 2.24) is 15.0 Å². The van der Waals surface area contributed by atoms with Gasteiger partial charge in [-0.15, -0.1) is 0 Å². The Morgan fingerprint density at radius 2 is 0.879 bits per heavy atom. The summed E-state index contributed by atoms with van der Waals surface area (Å²) in [6.45, 7) is 0. The van der Waals surface area contributed by atoms with Gasteiger partial charge in [-0.2, -0.15) is 15.0 Å². The standard InChI is InChI=1S/2C10H9NO.C3Cl3N3/c11-9-5-1-4-8-7(9)3-2-6-10(8)12;11-9-5-6-10(12)8-4-2-1-3-7(8)9;4-1-7-2(5)9-3(6)8-1/h2*1-6,12H,11H2;. The molecule has 1 heterocycles. The molecule has 0 aliphatic carbocycles. The average Bonchev–Trinajstić information content (AvgIpc) is 2.77. The molecular formula is C23H18Cl3N5O2. The number of aromatic nitrogens is 3. The number of nitrogen functional groups attached to an aromatic ring is 2. The fourth-order valence-corrected chi connectivity index (χ4v) is 3.54. The predicted octanol–water partition coefficient (Wildman–Crippen LogP) is 6.09. The molecule has 5 aromatic rings. The number of phenolic OH excluding ortho intramolecular Hbond substituents is 2. The highest BCUT2D eigenvalue weighted by atomic mass is 35.5. The Hall–Kier alpha value is -3.52. The molecule has 7 nitrogen and oxygen atoms in total. The van der Waals surface area contributed by atoms with Crippen molar-refractivity contribution in [3.05, 3.63) is 88.6 Å². The van der Waals surface area contributed by atoms with Crippen LogP contribution in [0.4, 0.5) is 11.4 Å². The first kappa shape index (κ1) is 24.1. The molecule has 0 saturated heterocycles. The van der Waals surface area contributed by atoms with Gasteiger partial charge < -0.3 is 21.7 Å². The van der Waals surface area contributed by atoms with E-state index in [9.17, 15) is 10.2 Å². The molecule has 0 fully saturated rings. The molecule has 0 amide bonds. The number of nitrogens with two attached hydrogens (primary N) is 2. The van der Waals surface area contributed by atoms with E-state index in [1.54, 1.807) is 24.3 Å². The molecule has 0 bridgehead atoms. The molecule has 0 aliphatic rings. The third-order valence-electron chi connectivity index (χ3n) is 4.42. The molecule has 0 saturated carbocycles. The van der Waals surface area contributed by atoms with Crippen molar-refractivity contribution in [2.75, 3.05) is 11.5 Å². The molecule has 0 atom stereocenters. The number of hydrogen-bond donors (Lipinski definition) is 4. The van der Waals surface area contributed by atoms with E-state index in [1.165, 1.54) is 0 Å². The summed E-state index contributed by atoms with van der Waals surface area (Å²) in [5.74, 6) is 0.555. The van der Waals surface area contributed by atoms with Crippen LogP contribution in [-0.4, -0.2) is 25.2 Å². The summed E-state index contributed by atoms with van der Waals surface area (Å²) in [5, 5.41) is 22.3. The van der Waals surface area contributed by atoms with Crippen LogP contribution in [0.15, 0.2) is 72.8 Å². The largest absolute Gasteiger partial charge is 0.507 e. The van der Waals surface area contributed by atoms with Crippen LogP contribution in [0, 0.1) is 0 Å². The molecule has 4 aromatic carbocycles. The van der Waals surface area contributed by atoms with Crippen LogP contribution in [0.25, 0.3) is 21.5 Å². The summed E-state index contributed by atoms with van der Waals surface area (Å²) in [5.41, 5.74) is 12.8. The van der Waals surface area contributed by atoms with Gasteiger partial charge in [-0.05, 0) is 59.1 Å². The van der Waals surface area contributed by atoms with Gasteiger partial charge in [-0.3, -0.25) is 0 Å². The SMILES string of the molecule is Clc1nc(Cl)nc(Cl)n1.Nc1ccc(O)c2ccccc12.Nc1cccc2c(O)cccc12. The minimum absolute atomic E-state index is 0.000000000000000444. The summed E-state index contributed by atoms with van der Waals surface area (Å²) >= 11 is 16.0. The zero-order valence-corrected chi connectivity index (χ0v) is 19.2. The second-order valence-electron chi connectivity index (χ2n) is 6.58. The first-order valence-corrected chi connectivity index (χ1v) is 10.5. The van der Waals surface area contributed by atoms with Crippen molar-refractivity contribution >= 4 is 67.7 Å². The van der Waals surface area contributed by atoms with E-state index in [-0.39, 0.29) is 27.3 Å². The van der Waals surface area contributed by atoms with Gasteiger partial charge in [-0.1, -0.05) is 48.5 Å². The van der Waals surface area contributed by atoms with Crippen molar-refractivity contribution in [3.8, 4) is 11.5 Å². The first-order chi connectivity index (χ1) is 15.8. The lowest BCUT2D eigenvalue weighted by Crippen LogP contribution is -1.87. The number of phenols is 2. The minimum Gasteiger partial charge on any atom is -0.507 e. The van der Waals surface area contributed by atoms with Crippen LogP contribution in [0.3, 0.4) is 0 Å². The zero-order chi connectivity index (χ0) is 24.0. The number of aromatic hydroxyl groups is 2. The van der Waals surface area contributed by atoms with Gasteiger partial charge >= 0.3 is 0 Å². The molecule has 0 unspecified atom stereocenters. The Balaban J connectivity index is 0.000000141. The number of fused-ring (bicyclic) bond motifs is 2. The molecule has 168 valence electrons. The maximum atomic E-state index is 9.44. The Labute approximate surface area is 204 Å². The molecule has 10 heteroatoms. The smallest absolute Gasteiger partial charge is 0.227 e. The maximum Gasteiger partial charge on any atom is 0.227 e. The highest BCUT2D eigenvalue weighted by Gasteiger charge is 2.01. The van der Waals surface area contributed by atoms with Crippen LogP contribution >= 0.6 is 34.8 Å². The van der Waals surface area contributed by atoms with Gasteiger partial charge in [0.1, 0.15) is 11.5 Å². The molecule has 0 spiro atoms. The van der Waals surface area contributed by atoms with Gasteiger partial charge in [0.15, 0.2) is 0 Å². The van der Waals surface area contributed by atoms with Crippen LogP contribution in [0.1, 0.15) is 0 Å². The molecule has 33 heavy (non-hydrogen) atoms. The number of benzene rings is 4. The maximum absolute atomic E-state index is 9.44. The minimum atomic E-state index is 0.000000000000000444. The number of halogens is 3. The van der Waals surface area contributed by atoms with E-state index in [0.29, 0.717) is 11.4 Å². The summed E-state index contributed by atoms with van der Waals surface area (Å²) in [6, 6.07) is 21.7. The summed E-state index contributed by atoms with van der Waals surface area (Å²) < 4.78 is 0. The van der Waals surface area contributed by atoms with Gasteiger partial charge in [0.25, 0.3) is 0 Å². The van der Waals surface area contributed by atoms with Crippen molar-refractivity contribution in [3.63, 3.8) is 0 Å². The monoisotopic (exact) mass is 501 g/mol. The van der Waals surface area contributed by atoms with Crippen LogP contribution in [0.2, 0.25) is 15.9 Å². The molecule has 0 aliphatic heterocycles.